The van der Waals surface area contributed by atoms with Gasteiger partial charge in [-0.25, -0.2) is 0 Å². The Balaban J connectivity index is 1.47. The van der Waals surface area contributed by atoms with Gasteiger partial charge in [0.1, 0.15) is 6.07 Å². The van der Waals surface area contributed by atoms with Crippen molar-refractivity contribution in [3.8, 4) is 28.7 Å². The Hall–Kier alpha value is -3.92. The Bertz CT molecular complexity index is 1260. The molecule has 30 heavy (non-hydrogen) atoms. The molecule has 2 aromatic heterocycles. The number of hydrogen-bond acceptors (Lipinski definition) is 6. The molecule has 7 heteroatoms. The van der Waals surface area contributed by atoms with E-state index in [4.69, 9.17) is 15.2 Å². The Labute approximate surface area is 173 Å². The van der Waals surface area contributed by atoms with Crippen LogP contribution in [0, 0.1) is 11.3 Å². The van der Waals surface area contributed by atoms with Crippen LogP contribution in [0.5, 0.6) is 0 Å². The van der Waals surface area contributed by atoms with Gasteiger partial charge in [0.2, 0.25) is 0 Å². The molecule has 148 valence electrons. The largest absolute Gasteiger partial charge is 0.398 e. The van der Waals surface area contributed by atoms with Gasteiger partial charge in [0.05, 0.1) is 22.7 Å². The minimum atomic E-state index is -0.221. The van der Waals surface area contributed by atoms with Crippen molar-refractivity contribution in [1.29, 1.82) is 5.26 Å². The van der Waals surface area contributed by atoms with Crippen molar-refractivity contribution in [3.05, 3.63) is 71.8 Å². The van der Waals surface area contributed by atoms with Crippen LogP contribution in [0.4, 0.5) is 5.69 Å². The van der Waals surface area contributed by atoms with Crippen LogP contribution in [0.2, 0.25) is 0 Å². The SMILES string of the molecule is Cn1cc(-c2nc(C3(c4ccc(-c5ccc(N)c(C#N)c5)cc4)CCC3)no2)cn1. The van der Waals surface area contributed by atoms with E-state index in [0.717, 1.165) is 41.8 Å². The molecule has 0 amide bonds. The highest BCUT2D eigenvalue weighted by molar-refractivity contribution is 5.70. The van der Waals surface area contributed by atoms with Crippen molar-refractivity contribution in [3.63, 3.8) is 0 Å². The highest BCUT2D eigenvalue weighted by atomic mass is 16.5. The van der Waals surface area contributed by atoms with Crippen LogP contribution in [0.15, 0.2) is 59.4 Å². The Morgan fingerprint density at radius 1 is 1.10 bits per heavy atom. The molecule has 0 aliphatic heterocycles. The van der Waals surface area contributed by atoms with E-state index in [1.807, 2.05) is 25.4 Å². The van der Waals surface area contributed by atoms with Gasteiger partial charge >= 0.3 is 0 Å². The molecule has 1 fully saturated rings. The van der Waals surface area contributed by atoms with Crippen LogP contribution in [0.1, 0.15) is 36.2 Å². The van der Waals surface area contributed by atoms with Gasteiger partial charge < -0.3 is 10.3 Å². The smallest absolute Gasteiger partial charge is 0.261 e. The molecule has 1 aliphatic rings. The number of benzene rings is 2. The van der Waals surface area contributed by atoms with Crippen molar-refractivity contribution in [1.82, 2.24) is 19.9 Å². The van der Waals surface area contributed by atoms with Crippen LogP contribution in [0.3, 0.4) is 0 Å². The maximum absolute atomic E-state index is 9.23. The average molecular weight is 396 g/mol. The monoisotopic (exact) mass is 396 g/mol. The lowest BCUT2D eigenvalue weighted by Crippen LogP contribution is -2.36. The van der Waals surface area contributed by atoms with E-state index in [-0.39, 0.29) is 5.41 Å². The van der Waals surface area contributed by atoms with Gasteiger partial charge in [0.15, 0.2) is 5.82 Å². The number of nitrogens with zero attached hydrogens (tertiary/aromatic N) is 5. The van der Waals surface area contributed by atoms with Gasteiger partial charge in [0, 0.05) is 18.9 Å². The molecule has 0 radical (unpaired) electrons. The summed E-state index contributed by atoms with van der Waals surface area (Å²) < 4.78 is 7.25. The van der Waals surface area contributed by atoms with Crippen LogP contribution < -0.4 is 5.73 Å². The first-order valence-electron chi connectivity index (χ1n) is 9.83. The van der Waals surface area contributed by atoms with E-state index in [9.17, 15) is 5.26 Å². The minimum Gasteiger partial charge on any atom is -0.398 e. The summed E-state index contributed by atoms with van der Waals surface area (Å²) in [5.74, 6) is 1.21. The van der Waals surface area contributed by atoms with Crippen LogP contribution in [0.25, 0.3) is 22.6 Å². The second kappa shape index (κ2) is 6.85. The third-order valence-electron chi connectivity index (χ3n) is 5.96. The summed E-state index contributed by atoms with van der Waals surface area (Å²) in [4.78, 5) is 4.70. The van der Waals surface area contributed by atoms with Crippen LogP contribution in [-0.2, 0) is 12.5 Å². The first-order valence-corrected chi connectivity index (χ1v) is 9.83. The number of anilines is 1. The third-order valence-corrected chi connectivity index (χ3v) is 5.96. The molecular formula is C23H20N6O. The molecule has 2 aromatic carbocycles. The lowest BCUT2D eigenvalue weighted by atomic mass is 9.64. The first-order chi connectivity index (χ1) is 14.6. The van der Waals surface area contributed by atoms with Gasteiger partial charge in [0.25, 0.3) is 5.89 Å². The highest BCUT2D eigenvalue weighted by Gasteiger charge is 2.44. The minimum absolute atomic E-state index is 0.221. The normalized spacial score (nSPS) is 14.8. The molecule has 1 aliphatic carbocycles. The van der Waals surface area contributed by atoms with Gasteiger partial charge in [-0.3, -0.25) is 4.68 Å². The molecular weight excluding hydrogens is 376 g/mol. The quantitative estimate of drug-likeness (QED) is 0.521. The summed E-state index contributed by atoms with van der Waals surface area (Å²) in [7, 11) is 1.86. The van der Waals surface area contributed by atoms with Gasteiger partial charge in [-0.1, -0.05) is 41.9 Å². The van der Waals surface area contributed by atoms with Crippen molar-refractivity contribution < 1.29 is 4.52 Å². The van der Waals surface area contributed by atoms with Gasteiger partial charge in [-0.2, -0.15) is 15.3 Å². The summed E-state index contributed by atoms with van der Waals surface area (Å²) in [5.41, 5.74) is 10.6. The molecule has 0 spiro atoms. The molecule has 7 nitrogen and oxygen atoms in total. The number of aryl methyl sites for hydroxylation is 1. The lowest BCUT2D eigenvalue weighted by Gasteiger charge is -2.39. The molecule has 0 atom stereocenters. The summed E-state index contributed by atoms with van der Waals surface area (Å²) in [5, 5.41) is 17.7. The fourth-order valence-electron chi connectivity index (χ4n) is 4.05. The van der Waals surface area contributed by atoms with Crippen molar-refractivity contribution in [2.75, 3.05) is 5.73 Å². The second-order valence-electron chi connectivity index (χ2n) is 7.75. The van der Waals surface area contributed by atoms with Crippen molar-refractivity contribution >= 4 is 5.69 Å². The Morgan fingerprint density at radius 2 is 1.87 bits per heavy atom. The van der Waals surface area contributed by atoms with Crippen molar-refractivity contribution in [2.24, 2.45) is 7.05 Å². The zero-order valence-corrected chi connectivity index (χ0v) is 16.5. The van der Waals surface area contributed by atoms with E-state index in [2.05, 4.69) is 40.6 Å². The molecule has 0 saturated heterocycles. The van der Waals surface area contributed by atoms with E-state index < -0.39 is 0 Å². The molecule has 5 rings (SSSR count). The zero-order chi connectivity index (χ0) is 20.7. The van der Waals surface area contributed by atoms with Gasteiger partial charge in [-0.05, 0) is 41.7 Å². The fourth-order valence-corrected chi connectivity index (χ4v) is 4.05. The number of nitrogen functional groups attached to an aromatic ring is 1. The third kappa shape index (κ3) is 2.85. The lowest BCUT2D eigenvalue weighted by molar-refractivity contribution is 0.273. The number of rotatable bonds is 4. The van der Waals surface area contributed by atoms with E-state index in [1.165, 1.54) is 5.56 Å². The van der Waals surface area contributed by atoms with Crippen LogP contribution >= 0.6 is 0 Å². The second-order valence-corrected chi connectivity index (χ2v) is 7.75. The summed E-state index contributed by atoms with van der Waals surface area (Å²) >= 11 is 0. The van der Waals surface area contributed by atoms with E-state index >= 15 is 0 Å². The van der Waals surface area contributed by atoms with Gasteiger partial charge in [-0.15, -0.1) is 0 Å². The fraction of sp³-hybridized carbons (Fsp3) is 0.217. The highest BCUT2D eigenvalue weighted by Crippen LogP contribution is 2.48. The number of aromatic nitrogens is 4. The Kier molecular flexibility index (Phi) is 4.14. The summed E-state index contributed by atoms with van der Waals surface area (Å²) in [6.45, 7) is 0. The maximum Gasteiger partial charge on any atom is 0.261 e. The maximum atomic E-state index is 9.23. The Morgan fingerprint density at radius 3 is 2.50 bits per heavy atom. The topological polar surface area (TPSA) is 107 Å². The predicted octanol–water partition coefficient (Wildman–Crippen LogP) is 4.06. The molecule has 1 saturated carbocycles. The molecule has 4 aromatic rings. The van der Waals surface area contributed by atoms with Crippen LogP contribution in [-0.4, -0.2) is 19.9 Å². The van der Waals surface area contributed by atoms with E-state index in [0.29, 0.717) is 17.1 Å². The average Bonchev–Trinajstić information content (AvgIpc) is 3.38. The molecule has 0 bridgehead atoms. The molecule has 2 N–H and O–H groups in total. The molecule has 2 heterocycles. The molecule has 0 unspecified atom stereocenters. The predicted molar refractivity (Wildman–Crippen MR) is 112 cm³/mol. The zero-order valence-electron chi connectivity index (χ0n) is 16.5. The first kappa shape index (κ1) is 18.1. The van der Waals surface area contributed by atoms with Crippen molar-refractivity contribution in [2.45, 2.75) is 24.7 Å². The summed E-state index contributed by atoms with van der Waals surface area (Å²) in [6, 6.07) is 16.1. The standard InChI is InChI=1S/C23H20N6O/c1-29-14-18(13-26-29)21-27-22(28-30-21)23(9-2-10-23)19-6-3-15(4-7-19)16-5-8-20(25)17(11-16)12-24/h3-8,11,13-14H,2,9-10,25H2,1H3. The summed E-state index contributed by atoms with van der Waals surface area (Å²) in [6.07, 6.45) is 6.68. The van der Waals surface area contributed by atoms with E-state index in [1.54, 1.807) is 16.9 Å². The number of nitrogens with two attached hydrogens (primary N) is 1. The number of hydrogen-bond donors (Lipinski definition) is 1. The number of nitriles is 1.